The summed E-state index contributed by atoms with van der Waals surface area (Å²) in [6.45, 7) is 5.83. The number of hydrogen-bond donors (Lipinski definition) is 1. The zero-order valence-corrected chi connectivity index (χ0v) is 16.4. The van der Waals surface area contributed by atoms with Crippen LogP contribution >= 0.6 is 11.6 Å². The van der Waals surface area contributed by atoms with Crippen molar-refractivity contribution < 1.29 is 4.79 Å². The van der Waals surface area contributed by atoms with Crippen molar-refractivity contribution in [2.45, 2.75) is 20.8 Å². The van der Waals surface area contributed by atoms with E-state index in [1.54, 1.807) is 17.6 Å². The first kappa shape index (κ1) is 18.1. The van der Waals surface area contributed by atoms with Gasteiger partial charge >= 0.3 is 0 Å². The Morgan fingerprint density at radius 2 is 1.75 bits per heavy atom. The summed E-state index contributed by atoms with van der Waals surface area (Å²) in [5, 5.41) is 16.4. The Balaban J connectivity index is 1.69. The van der Waals surface area contributed by atoms with Gasteiger partial charge in [-0.3, -0.25) is 4.79 Å². The SMILES string of the molecule is Cc1ccc(NC(=O)c2nnc3c(-c4ccc(Cl)cc4)cnn3c2C)cc1C. The van der Waals surface area contributed by atoms with Crippen LogP contribution in [-0.4, -0.2) is 25.7 Å². The molecular weight excluding hydrogens is 374 g/mol. The second kappa shape index (κ2) is 7.05. The van der Waals surface area contributed by atoms with E-state index < -0.39 is 0 Å². The fourth-order valence-electron chi connectivity index (χ4n) is 3.01. The van der Waals surface area contributed by atoms with Crippen molar-refractivity contribution in [2.24, 2.45) is 0 Å². The number of halogens is 1. The number of aryl methyl sites for hydroxylation is 3. The van der Waals surface area contributed by atoms with Gasteiger partial charge < -0.3 is 5.32 Å². The number of carbonyl (C=O) groups excluding carboxylic acids is 1. The Bertz CT molecular complexity index is 1200. The predicted octanol–water partition coefficient (Wildman–Crippen LogP) is 4.62. The zero-order chi connectivity index (χ0) is 19.8. The average Bonchev–Trinajstić information content (AvgIpc) is 3.10. The topological polar surface area (TPSA) is 72.2 Å². The quantitative estimate of drug-likeness (QED) is 0.553. The zero-order valence-electron chi connectivity index (χ0n) is 15.7. The molecule has 0 unspecified atom stereocenters. The molecule has 2 aromatic heterocycles. The first-order valence-corrected chi connectivity index (χ1v) is 9.17. The molecular formula is C21H18ClN5O. The fraction of sp³-hybridized carbons (Fsp3) is 0.143. The predicted molar refractivity (Wildman–Crippen MR) is 110 cm³/mol. The van der Waals surface area contributed by atoms with E-state index in [-0.39, 0.29) is 11.6 Å². The van der Waals surface area contributed by atoms with Gasteiger partial charge in [0.05, 0.1) is 11.9 Å². The molecule has 4 aromatic rings. The minimum atomic E-state index is -0.321. The Labute approximate surface area is 167 Å². The highest BCUT2D eigenvalue weighted by atomic mass is 35.5. The number of hydrogen-bond acceptors (Lipinski definition) is 4. The Hall–Kier alpha value is -3.25. The molecule has 0 saturated carbocycles. The Morgan fingerprint density at radius 1 is 1.00 bits per heavy atom. The molecule has 0 aliphatic heterocycles. The molecule has 0 spiro atoms. The molecule has 0 atom stereocenters. The third-order valence-corrected chi connectivity index (χ3v) is 5.04. The van der Waals surface area contributed by atoms with Crippen molar-refractivity contribution in [2.75, 3.05) is 5.32 Å². The maximum Gasteiger partial charge on any atom is 0.278 e. The molecule has 7 heteroatoms. The molecule has 2 heterocycles. The van der Waals surface area contributed by atoms with Crippen molar-refractivity contribution in [3.8, 4) is 11.1 Å². The van der Waals surface area contributed by atoms with E-state index in [0.29, 0.717) is 16.4 Å². The van der Waals surface area contributed by atoms with Crippen molar-refractivity contribution >= 4 is 28.8 Å². The maximum atomic E-state index is 12.7. The van der Waals surface area contributed by atoms with Crippen molar-refractivity contribution in [1.82, 2.24) is 19.8 Å². The number of fused-ring (bicyclic) bond motifs is 1. The van der Waals surface area contributed by atoms with Crippen LogP contribution in [0.4, 0.5) is 5.69 Å². The molecule has 4 rings (SSSR count). The Kier molecular flexibility index (Phi) is 4.57. The van der Waals surface area contributed by atoms with Gasteiger partial charge in [0.15, 0.2) is 11.3 Å². The van der Waals surface area contributed by atoms with Gasteiger partial charge in [-0.1, -0.05) is 29.8 Å². The molecule has 0 aliphatic carbocycles. The third-order valence-electron chi connectivity index (χ3n) is 4.78. The summed E-state index contributed by atoms with van der Waals surface area (Å²) >= 11 is 5.96. The molecule has 0 radical (unpaired) electrons. The average molecular weight is 392 g/mol. The lowest BCUT2D eigenvalue weighted by Gasteiger charge is -2.09. The first-order chi connectivity index (χ1) is 13.4. The summed E-state index contributed by atoms with van der Waals surface area (Å²) in [5.41, 5.74) is 6.19. The lowest BCUT2D eigenvalue weighted by molar-refractivity contribution is 0.102. The van der Waals surface area contributed by atoms with Gasteiger partial charge in [-0.15, -0.1) is 10.2 Å². The van der Waals surface area contributed by atoms with E-state index >= 15 is 0 Å². The first-order valence-electron chi connectivity index (χ1n) is 8.79. The van der Waals surface area contributed by atoms with E-state index in [2.05, 4.69) is 20.6 Å². The molecule has 1 amide bonds. The highest BCUT2D eigenvalue weighted by Gasteiger charge is 2.18. The van der Waals surface area contributed by atoms with Crippen LogP contribution in [0.5, 0.6) is 0 Å². The smallest absolute Gasteiger partial charge is 0.278 e. The summed E-state index contributed by atoms with van der Waals surface area (Å²) in [6, 6.07) is 13.2. The van der Waals surface area contributed by atoms with Gasteiger partial charge in [-0.25, -0.2) is 4.52 Å². The minimum Gasteiger partial charge on any atom is -0.321 e. The molecule has 0 aliphatic rings. The number of nitrogens with zero attached hydrogens (tertiary/aromatic N) is 4. The van der Waals surface area contributed by atoms with Crippen molar-refractivity contribution in [3.63, 3.8) is 0 Å². The van der Waals surface area contributed by atoms with Crippen LogP contribution in [0.25, 0.3) is 16.8 Å². The number of nitrogens with one attached hydrogen (secondary N) is 1. The second-order valence-electron chi connectivity index (χ2n) is 6.69. The van der Waals surface area contributed by atoms with Gasteiger partial charge in [0.25, 0.3) is 5.91 Å². The van der Waals surface area contributed by atoms with Gasteiger partial charge in [-0.2, -0.15) is 5.10 Å². The van der Waals surface area contributed by atoms with E-state index in [0.717, 1.165) is 22.4 Å². The normalized spacial score (nSPS) is 11.0. The van der Waals surface area contributed by atoms with E-state index in [4.69, 9.17) is 11.6 Å². The van der Waals surface area contributed by atoms with Crippen LogP contribution in [0.3, 0.4) is 0 Å². The standard InChI is InChI=1S/C21H18ClN5O/c1-12-4-9-17(10-13(12)2)24-21(28)19-14(3)27-20(26-25-19)18(11-23-27)15-5-7-16(22)8-6-15/h4-11H,1-3H3,(H,24,28). The lowest BCUT2D eigenvalue weighted by atomic mass is 10.1. The van der Waals surface area contributed by atoms with Gasteiger partial charge in [-0.05, 0) is 61.7 Å². The van der Waals surface area contributed by atoms with Crippen molar-refractivity contribution in [3.05, 3.63) is 76.2 Å². The van der Waals surface area contributed by atoms with E-state index in [1.807, 2.05) is 56.3 Å². The number of anilines is 1. The Morgan fingerprint density at radius 3 is 2.46 bits per heavy atom. The number of aromatic nitrogens is 4. The number of benzene rings is 2. The maximum absolute atomic E-state index is 12.7. The molecule has 0 bridgehead atoms. The summed E-state index contributed by atoms with van der Waals surface area (Å²) in [7, 11) is 0. The van der Waals surface area contributed by atoms with Crippen LogP contribution in [0, 0.1) is 20.8 Å². The van der Waals surface area contributed by atoms with E-state index in [9.17, 15) is 4.79 Å². The highest BCUT2D eigenvalue weighted by molar-refractivity contribution is 6.30. The molecule has 0 fully saturated rings. The van der Waals surface area contributed by atoms with Crippen LogP contribution in [0.2, 0.25) is 5.02 Å². The summed E-state index contributed by atoms with van der Waals surface area (Å²) < 4.78 is 1.63. The highest BCUT2D eigenvalue weighted by Crippen LogP contribution is 2.25. The largest absolute Gasteiger partial charge is 0.321 e. The second-order valence-corrected chi connectivity index (χ2v) is 7.12. The number of rotatable bonds is 3. The van der Waals surface area contributed by atoms with Gasteiger partial charge in [0.2, 0.25) is 0 Å². The van der Waals surface area contributed by atoms with Crippen LogP contribution in [0.15, 0.2) is 48.7 Å². The molecule has 140 valence electrons. The summed E-state index contributed by atoms with van der Waals surface area (Å²) in [6.07, 6.45) is 1.71. The van der Waals surface area contributed by atoms with E-state index in [1.165, 1.54) is 5.56 Å². The van der Waals surface area contributed by atoms with Crippen LogP contribution in [-0.2, 0) is 0 Å². The molecule has 1 N–H and O–H groups in total. The minimum absolute atomic E-state index is 0.233. The summed E-state index contributed by atoms with van der Waals surface area (Å²) in [5.74, 6) is -0.321. The monoisotopic (exact) mass is 391 g/mol. The number of amides is 1. The molecule has 2 aromatic carbocycles. The fourth-order valence-corrected chi connectivity index (χ4v) is 3.13. The third kappa shape index (κ3) is 3.23. The summed E-state index contributed by atoms with van der Waals surface area (Å²) in [4.78, 5) is 12.7. The van der Waals surface area contributed by atoms with Crippen molar-refractivity contribution in [1.29, 1.82) is 0 Å². The molecule has 0 saturated heterocycles. The molecule has 28 heavy (non-hydrogen) atoms. The lowest BCUT2D eigenvalue weighted by Crippen LogP contribution is -2.18. The van der Waals surface area contributed by atoms with Crippen LogP contribution in [0.1, 0.15) is 27.3 Å². The van der Waals surface area contributed by atoms with Gasteiger partial charge in [0.1, 0.15) is 0 Å². The molecule has 6 nitrogen and oxygen atoms in total. The van der Waals surface area contributed by atoms with Crippen LogP contribution < -0.4 is 5.32 Å². The number of carbonyl (C=O) groups is 1. The van der Waals surface area contributed by atoms with Gasteiger partial charge in [0, 0.05) is 16.3 Å².